The molecule has 4 aromatic carbocycles. The highest BCUT2D eigenvalue weighted by Gasteiger charge is 2.20. The van der Waals surface area contributed by atoms with E-state index in [1.54, 1.807) is 49.3 Å². The number of sulfone groups is 1. The Hall–Kier alpha value is -5.97. The molecule has 10 nitrogen and oxygen atoms in total. The Morgan fingerprint density at radius 3 is 1.37 bits per heavy atom. The standard InChI is InChI=1S/C42H28F2N8O2S3.2ClH/c43-29-7-1-25(2-8-29)41-33(19-47-49-41)27-5-13-35-37(17-27)51(23-45-35)39-15-11-31(55-39)21-57(53,54)22-32-12-16-40(56-32)52-24-46-36-14-6-28(18-38(36)52)34-20-48-50-42(34)26-3-9-30(44)10-4-26;;/h1-20,23-24H,21-22H2,(H,47,49)(H,48,50);2*1H. The highest BCUT2D eigenvalue weighted by Crippen LogP contribution is 2.36. The Morgan fingerprint density at radius 2 is 0.949 bits per heavy atom. The van der Waals surface area contributed by atoms with Crippen molar-refractivity contribution in [3.63, 3.8) is 0 Å². The molecule has 0 atom stereocenters. The van der Waals surface area contributed by atoms with Crippen LogP contribution in [0.4, 0.5) is 8.78 Å². The van der Waals surface area contributed by atoms with Gasteiger partial charge in [0, 0.05) is 32.0 Å². The molecule has 0 saturated heterocycles. The van der Waals surface area contributed by atoms with Gasteiger partial charge in [0.2, 0.25) is 0 Å². The lowest BCUT2D eigenvalue weighted by molar-refractivity contribution is 0.595. The number of hydrogen-bond donors (Lipinski definition) is 2. The molecule has 0 aliphatic heterocycles. The quantitative estimate of drug-likeness (QED) is 0.141. The van der Waals surface area contributed by atoms with Crippen molar-refractivity contribution in [3.8, 4) is 54.8 Å². The summed E-state index contributed by atoms with van der Waals surface area (Å²) < 4.78 is 58.3. The van der Waals surface area contributed by atoms with E-state index >= 15 is 0 Å². The Balaban J connectivity index is 0.00000242. The monoisotopic (exact) mass is 882 g/mol. The van der Waals surface area contributed by atoms with Gasteiger partial charge in [0.05, 0.1) is 57.4 Å². The van der Waals surface area contributed by atoms with E-state index in [-0.39, 0.29) is 48.0 Å². The molecule has 10 aromatic rings. The number of thiophene rings is 2. The normalized spacial score (nSPS) is 11.6. The summed E-state index contributed by atoms with van der Waals surface area (Å²) in [6.45, 7) is 0. The van der Waals surface area contributed by atoms with Gasteiger partial charge < -0.3 is 0 Å². The molecule has 0 saturated carbocycles. The molecule has 0 amide bonds. The molecule has 6 aromatic heterocycles. The maximum atomic E-state index is 13.6. The van der Waals surface area contributed by atoms with Gasteiger partial charge in [-0.25, -0.2) is 27.2 Å². The summed E-state index contributed by atoms with van der Waals surface area (Å²) in [7, 11) is -3.52. The summed E-state index contributed by atoms with van der Waals surface area (Å²) >= 11 is 2.82. The Labute approximate surface area is 356 Å². The lowest BCUT2D eigenvalue weighted by Crippen LogP contribution is -2.05. The first-order valence-corrected chi connectivity index (χ1v) is 21.1. The number of rotatable bonds is 10. The van der Waals surface area contributed by atoms with E-state index in [0.29, 0.717) is 0 Å². The second-order valence-corrected chi connectivity index (χ2v) is 17.8. The van der Waals surface area contributed by atoms with Crippen LogP contribution in [0, 0.1) is 11.6 Å². The second kappa shape index (κ2) is 16.0. The zero-order valence-corrected chi connectivity index (χ0v) is 34.5. The molecule has 6 heterocycles. The predicted octanol–water partition coefficient (Wildman–Crippen LogP) is 10.8. The van der Waals surface area contributed by atoms with Crippen molar-refractivity contribution >= 4 is 79.4 Å². The van der Waals surface area contributed by atoms with Gasteiger partial charge in [-0.1, -0.05) is 12.1 Å². The molecule has 10 rings (SSSR count). The minimum Gasteiger partial charge on any atom is -0.290 e. The second-order valence-electron chi connectivity index (χ2n) is 13.5. The summed E-state index contributed by atoms with van der Waals surface area (Å²) in [6.07, 6.45) is 6.97. The van der Waals surface area contributed by atoms with Gasteiger partial charge in [-0.15, -0.1) is 47.5 Å². The van der Waals surface area contributed by atoms with Crippen LogP contribution in [0.3, 0.4) is 0 Å². The molecule has 0 unspecified atom stereocenters. The van der Waals surface area contributed by atoms with Gasteiger partial charge in [0.25, 0.3) is 0 Å². The molecule has 296 valence electrons. The molecular formula is C42H30Cl2F2N8O2S3. The zero-order valence-electron chi connectivity index (χ0n) is 30.4. The highest BCUT2D eigenvalue weighted by molar-refractivity contribution is 7.90. The van der Waals surface area contributed by atoms with Gasteiger partial charge in [0.15, 0.2) is 9.84 Å². The van der Waals surface area contributed by atoms with Gasteiger partial charge in [-0.2, -0.15) is 10.2 Å². The predicted molar refractivity (Wildman–Crippen MR) is 235 cm³/mol. The molecule has 0 spiro atoms. The summed E-state index contributed by atoms with van der Waals surface area (Å²) in [5, 5.41) is 16.3. The first-order valence-electron chi connectivity index (χ1n) is 17.7. The molecule has 2 N–H and O–H groups in total. The number of halogens is 4. The van der Waals surface area contributed by atoms with Crippen LogP contribution in [0.2, 0.25) is 0 Å². The van der Waals surface area contributed by atoms with Gasteiger partial charge in [-0.3, -0.25) is 19.3 Å². The SMILES string of the molecule is Cl.Cl.O=S(=O)(Cc1ccc(-n2cnc3ccc(-c4cn[nH]c4-c4ccc(F)cc4)cc32)s1)Cc1ccc(-n2cnc3ccc(-c4cn[nH]c4-c4ccc(F)cc4)cc32)s1. The van der Waals surface area contributed by atoms with Gasteiger partial charge >= 0.3 is 0 Å². The van der Waals surface area contributed by atoms with E-state index < -0.39 is 9.84 Å². The smallest absolute Gasteiger partial charge is 0.160 e. The van der Waals surface area contributed by atoms with Crippen LogP contribution in [0.1, 0.15) is 9.75 Å². The summed E-state index contributed by atoms with van der Waals surface area (Å²) in [6, 6.07) is 31.9. The number of benzene rings is 4. The number of aromatic nitrogens is 8. The fraction of sp³-hybridized carbons (Fsp3) is 0.0476. The first-order chi connectivity index (χ1) is 27.7. The topological polar surface area (TPSA) is 127 Å². The number of nitrogens with zero attached hydrogens (tertiary/aromatic N) is 6. The average Bonchev–Trinajstić information content (AvgIpc) is 4.06. The number of hydrogen-bond acceptors (Lipinski definition) is 8. The van der Waals surface area contributed by atoms with E-state index in [1.165, 1.54) is 46.9 Å². The summed E-state index contributed by atoms with van der Waals surface area (Å²) in [5.41, 5.74) is 10.0. The van der Waals surface area contributed by atoms with Gasteiger partial charge in [-0.05, 0) is 108 Å². The van der Waals surface area contributed by atoms with E-state index in [4.69, 9.17) is 0 Å². The number of nitrogens with one attached hydrogen (secondary N) is 2. The maximum absolute atomic E-state index is 13.6. The third-order valence-corrected chi connectivity index (χ3v) is 13.8. The minimum absolute atomic E-state index is 0. The molecule has 0 fully saturated rings. The minimum atomic E-state index is -3.52. The van der Waals surface area contributed by atoms with Crippen LogP contribution >= 0.6 is 47.5 Å². The molecule has 59 heavy (non-hydrogen) atoms. The number of imidazole rings is 2. The molecule has 17 heteroatoms. The van der Waals surface area contributed by atoms with Crippen LogP contribution in [0.25, 0.3) is 76.8 Å². The Kier molecular flexibility index (Phi) is 10.8. The van der Waals surface area contributed by atoms with Gasteiger partial charge in [0.1, 0.15) is 34.3 Å². The maximum Gasteiger partial charge on any atom is 0.160 e. The van der Waals surface area contributed by atoms with Crippen LogP contribution in [-0.4, -0.2) is 47.9 Å². The van der Waals surface area contributed by atoms with Crippen molar-refractivity contribution in [2.75, 3.05) is 0 Å². The van der Waals surface area contributed by atoms with E-state index in [0.717, 1.165) is 86.6 Å². The number of fused-ring (bicyclic) bond motifs is 2. The fourth-order valence-corrected chi connectivity index (χ4v) is 11.3. The number of H-pyrrole nitrogens is 2. The third kappa shape index (κ3) is 7.70. The van der Waals surface area contributed by atoms with Crippen molar-refractivity contribution in [3.05, 3.63) is 156 Å². The summed E-state index contributed by atoms with van der Waals surface area (Å²) in [4.78, 5) is 10.6. The van der Waals surface area contributed by atoms with Crippen LogP contribution in [0.15, 0.2) is 134 Å². The van der Waals surface area contributed by atoms with Crippen LogP contribution in [0.5, 0.6) is 0 Å². The van der Waals surface area contributed by atoms with Crippen molar-refractivity contribution in [1.82, 2.24) is 39.5 Å². The highest BCUT2D eigenvalue weighted by atomic mass is 35.5. The average molecular weight is 884 g/mol. The van der Waals surface area contributed by atoms with Crippen LogP contribution < -0.4 is 0 Å². The molecule has 0 aliphatic rings. The molecular weight excluding hydrogens is 854 g/mol. The fourth-order valence-electron chi connectivity index (χ4n) is 7.02. The molecule has 0 aliphatic carbocycles. The van der Waals surface area contributed by atoms with Crippen molar-refractivity contribution < 1.29 is 17.2 Å². The van der Waals surface area contributed by atoms with Crippen molar-refractivity contribution in [2.24, 2.45) is 0 Å². The zero-order chi connectivity index (χ0) is 38.7. The lowest BCUT2D eigenvalue weighted by Gasteiger charge is -2.06. The summed E-state index contributed by atoms with van der Waals surface area (Å²) in [5.74, 6) is -0.819. The first kappa shape index (κ1) is 39.8. The third-order valence-electron chi connectivity index (χ3n) is 9.76. The lowest BCUT2D eigenvalue weighted by atomic mass is 10.0. The van der Waals surface area contributed by atoms with E-state index in [1.807, 2.05) is 69.8 Å². The Morgan fingerprint density at radius 1 is 0.542 bits per heavy atom. The van der Waals surface area contributed by atoms with Crippen molar-refractivity contribution in [2.45, 2.75) is 11.5 Å². The van der Waals surface area contributed by atoms with Crippen LogP contribution in [-0.2, 0) is 21.3 Å². The van der Waals surface area contributed by atoms with E-state index in [9.17, 15) is 17.2 Å². The molecule has 0 bridgehead atoms. The Bertz CT molecular complexity index is 3000. The van der Waals surface area contributed by atoms with Crippen molar-refractivity contribution in [1.29, 1.82) is 0 Å². The molecule has 0 radical (unpaired) electrons. The largest absolute Gasteiger partial charge is 0.290 e. The number of aromatic amines is 2. The van der Waals surface area contributed by atoms with E-state index in [2.05, 4.69) is 30.4 Å².